The Balaban J connectivity index is 1.27. The lowest BCUT2D eigenvalue weighted by Gasteiger charge is -1.99. The molecule has 0 fully saturated rings. The zero-order valence-corrected chi connectivity index (χ0v) is 19.1. The van der Waals surface area contributed by atoms with Gasteiger partial charge in [-0.15, -0.1) is 0 Å². The van der Waals surface area contributed by atoms with Crippen LogP contribution in [0.1, 0.15) is 28.2 Å². The van der Waals surface area contributed by atoms with Crippen LogP contribution in [-0.4, -0.2) is 34.3 Å². The number of aryl methyl sites for hydroxylation is 1. The zero-order valence-electron chi connectivity index (χ0n) is 16.0. The molecule has 5 rings (SSSR count). The Labute approximate surface area is 195 Å². The highest BCUT2D eigenvalue weighted by Crippen LogP contribution is 2.24. The van der Waals surface area contributed by atoms with E-state index in [4.69, 9.17) is 23.2 Å². The maximum absolute atomic E-state index is 12.7. The molecule has 0 aliphatic heterocycles. The van der Waals surface area contributed by atoms with Crippen LogP contribution in [-0.2, 0) is 13.0 Å². The Morgan fingerprint density at radius 1 is 1.13 bits per heavy atom. The lowest BCUT2D eigenvalue weighted by atomic mass is 10.1. The van der Waals surface area contributed by atoms with Crippen molar-refractivity contribution in [2.75, 3.05) is 0 Å². The minimum absolute atomic E-state index is 0.0140. The van der Waals surface area contributed by atoms with Gasteiger partial charge in [-0.3, -0.25) is 9.48 Å². The molecule has 0 radical (unpaired) electrons. The van der Waals surface area contributed by atoms with E-state index in [2.05, 4.69) is 31.0 Å². The quantitative estimate of drug-likeness (QED) is 0.293. The summed E-state index contributed by atoms with van der Waals surface area (Å²) in [4.78, 5) is 21.6. The number of pyridine rings is 2. The molecule has 156 valence electrons. The first-order valence-corrected chi connectivity index (χ1v) is 11.0. The van der Waals surface area contributed by atoms with Gasteiger partial charge in [-0.05, 0) is 34.5 Å². The largest absolute Gasteiger partial charge is 0.306 e. The fraction of sp³-hybridized carbons (Fsp3) is 0.143. The zero-order chi connectivity index (χ0) is 21.5. The van der Waals surface area contributed by atoms with Gasteiger partial charge in [-0.1, -0.05) is 23.2 Å². The average Bonchev–Trinajstić information content (AvgIpc) is 3.45. The molecule has 0 N–H and O–H groups in total. The van der Waals surface area contributed by atoms with Gasteiger partial charge in [0.15, 0.2) is 5.78 Å². The number of ketones is 1. The van der Waals surface area contributed by atoms with Gasteiger partial charge in [0, 0.05) is 42.3 Å². The summed E-state index contributed by atoms with van der Waals surface area (Å²) in [6.07, 6.45) is 11.6. The van der Waals surface area contributed by atoms with Crippen LogP contribution in [0.5, 0.6) is 0 Å². The molecule has 0 aliphatic carbocycles. The maximum Gasteiger partial charge on any atom is 0.166 e. The first kappa shape index (κ1) is 20.2. The van der Waals surface area contributed by atoms with E-state index in [1.807, 2.05) is 33.5 Å². The molecule has 0 bridgehead atoms. The number of carbonyl (C=O) groups is 1. The SMILES string of the molecule is O=C(CCc1ncn2ccc(Cl)cc12)c1cnn(Cc2cn3cc(Br)c(Cl)cc3n2)c1. The van der Waals surface area contributed by atoms with Gasteiger partial charge in [-0.25, -0.2) is 9.97 Å². The molecule has 0 atom stereocenters. The Kier molecular flexibility index (Phi) is 5.29. The summed E-state index contributed by atoms with van der Waals surface area (Å²) in [5, 5.41) is 5.56. The van der Waals surface area contributed by atoms with Crippen molar-refractivity contribution in [1.82, 2.24) is 28.5 Å². The lowest BCUT2D eigenvalue weighted by molar-refractivity contribution is 0.0982. The van der Waals surface area contributed by atoms with E-state index in [0.717, 1.165) is 27.0 Å². The van der Waals surface area contributed by atoms with Crippen molar-refractivity contribution in [3.05, 3.63) is 87.0 Å². The summed E-state index contributed by atoms with van der Waals surface area (Å²) in [5.74, 6) is 0.0140. The fourth-order valence-corrected chi connectivity index (χ4v) is 4.10. The van der Waals surface area contributed by atoms with E-state index >= 15 is 0 Å². The van der Waals surface area contributed by atoms with Crippen molar-refractivity contribution in [2.24, 2.45) is 0 Å². The second-order valence-electron chi connectivity index (χ2n) is 7.15. The van der Waals surface area contributed by atoms with Crippen molar-refractivity contribution in [3.63, 3.8) is 0 Å². The summed E-state index contributed by atoms with van der Waals surface area (Å²) in [7, 11) is 0. The summed E-state index contributed by atoms with van der Waals surface area (Å²) in [6.45, 7) is 0.453. The molecule has 0 saturated heterocycles. The first-order chi connectivity index (χ1) is 15.0. The number of aromatic nitrogens is 6. The van der Waals surface area contributed by atoms with E-state index < -0.39 is 0 Å². The summed E-state index contributed by atoms with van der Waals surface area (Å²) in [5.41, 5.74) is 3.89. The van der Waals surface area contributed by atoms with Crippen LogP contribution >= 0.6 is 39.1 Å². The van der Waals surface area contributed by atoms with Crippen molar-refractivity contribution in [1.29, 1.82) is 0 Å². The van der Waals surface area contributed by atoms with E-state index in [1.54, 1.807) is 35.5 Å². The number of imidazole rings is 2. The molecule has 0 aromatic carbocycles. The first-order valence-electron chi connectivity index (χ1n) is 9.45. The molecule has 5 heterocycles. The monoisotopic (exact) mass is 516 g/mol. The third kappa shape index (κ3) is 4.11. The van der Waals surface area contributed by atoms with Crippen LogP contribution in [0.4, 0.5) is 0 Å². The number of nitrogens with zero attached hydrogens (tertiary/aromatic N) is 6. The molecule has 0 amide bonds. The maximum atomic E-state index is 12.7. The van der Waals surface area contributed by atoms with Crippen LogP contribution in [0.3, 0.4) is 0 Å². The van der Waals surface area contributed by atoms with Gasteiger partial charge in [0.25, 0.3) is 0 Å². The third-order valence-electron chi connectivity index (χ3n) is 5.00. The van der Waals surface area contributed by atoms with Crippen LogP contribution in [0.2, 0.25) is 10.0 Å². The Morgan fingerprint density at radius 3 is 2.87 bits per heavy atom. The highest BCUT2D eigenvalue weighted by molar-refractivity contribution is 9.10. The number of hydrogen-bond donors (Lipinski definition) is 0. The van der Waals surface area contributed by atoms with E-state index in [0.29, 0.717) is 35.0 Å². The van der Waals surface area contributed by atoms with Gasteiger partial charge in [0.05, 0.1) is 51.0 Å². The van der Waals surface area contributed by atoms with Gasteiger partial charge in [-0.2, -0.15) is 5.10 Å². The number of rotatable bonds is 6. The number of halogens is 3. The third-order valence-corrected chi connectivity index (χ3v) is 6.40. The Bertz CT molecular complexity index is 1400. The van der Waals surface area contributed by atoms with Crippen LogP contribution in [0, 0.1) is 0 Å². The van der Waals surface area contributed by atoms with Crippen LogP contribution in [0.25, 0.3) is 11.2 Å². The number of hydrogen-bond acceptors (Lipinski definition) is 4. The number of Topliss-reactive ketones (excluding diaryl/α,β-unsaturated/α-hetero) is 1. The lowest BCUT2D eigenvalue weighted by Crippen LogP contribution is -2.02. The molecular formula is C21H15BrCl2N6O. The second-order valence-corrected chi connectivity index (χ2v) is 8.84. The minimum atomic E-state index is 0.0140. The molecule has 0 unspecified atom stereocenters. The highest BCUT2D eigenvalue weighted by Gasteiger charge is 2.13. The van der Waals surface area contributed by atoms with Crippen LogP contribution < -0.4 is 0 Å². The molecule has 10 heteroatoms. The van der Waals surface area contributed by atoms with Gasteiger partial charge in [0.2, 0.25) is 0 Å². The Morgan fingerprint density at radius 2 is 2.00 bits per heavy atom. The predicted molar refractivity (Wildman–Crippen MR) is 122 cm³/mol. The summed E-state index contributed by atoms with van der Waals surface area (Å²) < 4.78 is 6.29. The Hall–Kier alpha value is -2.68. The predicted octanol–water partition coefficient (Wildman–Crippen LogP) is 5.11. The van der Waals surface area contributed by atoms with E-state index in [9.17, 15) is 4.79 Å². The standard InChI is InChI=1S/C21H15BrCl2N6O/c22-16-11-29-9-15(27-21(29)6-17(16)24)10-30-8-13(7-26-30)20(31)2-1-18-19-5-14(23)3-4-28(19)12-25-18/h3-9,11-12H,1-2,10H2. The summed E-state index contributed by atoms with van der Waals surface area (Å²) in [6, 6.07) is 5.45. The molecule has 5 aromatic rings. The smallest absolute Gasteiger partial charge is 0.166 e. The minimum Gasteiger partial charge on any atom is -0.306 e. The molecule has 0 spiro atoms. The second kappa shape index (κ2) is 8.11. The van der Waals surface area contributed by atoms with Gasteiger partial charge in [0.1, 0.15) is 5.65 Å². The van der Waals surface area contributed by atoms with E-state index in [1.165, 1.54) is 0 Å². The van der Waals surface area contributed by atoms with E-state index in [-0.39, 0.29) is 5.78 Å². The number of fused-ring (bicyclic) bond motifs is 2. The van der Waals surface area contributed by atoms with Gasteiger partial charge < -0.3 is 8.80 Å². The van der Waals surface area contributed by atoms with Crippen molar-refractivity contribution >= 4 is 56.1 Å². The molecule has 7 nitrogen and oxygen atoms in total. The highest BCUT2D eigenvalue weighted by atomic mass is 79.9. The topological polar surface area (TPSA) is 69.5 Å². The summed E-state index contributed by atoms with van der Waals surface area (Å²) >= 11 is 15.6. The normalized spacial score (nSPS) is 11.6. The molecular weight excluding hydrogens is 503 g/mol. The molecule has 0 saturated carbocycles. The fourth-order valence-electron chi connectivity index (χ4n) is 3.46. The van der Waals surface area contributed by atoms with Crippen molar-refractivity contribution in [3.8, 4) is 0 Å². The molecule has 0 aliphatic rings. The average molecular weight is 518 g/mol. The number of carbonyl (C=O) groups excluding carboxylic acids is 1. The van der Waals surface area contributed by atoms with Gasteiger partial charge >= 0.3 is 0 Å². The molecule has 31 heavy (non-hydrogen) atoms. The van der Waals surface area contributed by atoms with Crippen molar-refractivity contribution < 1.29 is 4.79 Å². The molecule has 5 aromatic heterocycles. The van der Waals surface area contributed by atoms with Crippen molar-refractivity contribution in [2.45, 2.75) is 19.4 Å². The van der Waals surface area contributed by atoms with Crippen LogP contribution in [0.15, 0.2) is 60.0 Å².